The second kappa shape index (κ2) is 7.38. The summed E-state index contributed by atoms with van der Waals surface area (Å²) in [5.41, 5.74) is 1.15. The molecule has 0 amide bonds. The third-order valence-corrected chi connectivity index (χ3v) is 3.22. The Morgan fingerprint density at radius 2 is 2.05 bits per heavy atom. The van der Waals surface area contributed by atoms with Crippen LogP contribution in [-0.4, -0.2) is 40.7 Å². The van der Waals surface area contributed by atoms with E-state index in [2.05, 4.69) is 5.32 Å². The molecule has 1 aromatic rings. The van der Waals surface area contributed by atoms with E-state index in [1.165, 1.54) is 0 Å². The van der Waals surface area contributed by atoms with Crippen LogP contribution in [0.3, 0.4) is 0 Å². The minimum Gasteiger partial charge on any atom is -0.481 e. The molecule has 1 aromatic carbocycles. The lowest BCUT2D eigenvalue weighted by Gasteiger charge is -2.17. The van der Waals surface area contributed by atoms with Gasteiger partial charge in [0.15, 0.2) is 5.78 Å². The molecular weight excluding hydrogens is 282 g/mol. The van der Waals surface area contributed by atoms with E-state index in [1.54, 1.807) is 32.0 Å². The summed E-state index contributed by atoms with van der Waals surface area (Å²) in [6.07, 6.45) is -1.00. The molecule has 0 aliphatic rings. The molecule has 3 N–H and O–H groups in total. The Labute approximate surface area is 122 Å². The standard InChI is InChI=1S/C14H18ClNO4/c1-8-5-10(3-4-11(8)15)14(20)12(6-13(18)19)16-7-9(2)17/h3-5,9,12,16-17H,6-7H2,1-2H3,(H,18,19). The average Bonchev–Trinajstić information content (AvgIpc) is 2.36. The van der Waals surface area contributed by atoms with Gasteiger partial charge in [-0.3, -0.25) is 9.59 Å². The molecule has 6 heteroatoms. The zero-order valence-electron chi connectivity index (χ0n) is 11.4. The number of carbonyl (C=O) groups excluding carboxylic acids is 1. The predicted octanol–water partition coefficient (Wildman–Crippen LogP) is 1.64. The van der Waals surface area contributed by atoms with E-state index in [9.17, 15) is 14.7 Å². The van der Waals surface area contributed by atoms with Crippen LogP contribution >= 0.6 is 11.6 Å². The molecule has 0 aliphatic carbocycles. The summed E-state index contributed by atoms with van der Waals surface area (Å²) < 4.78 is 0. The Morgan fingerprint density at radius 1 is 1.40 bits per heavy atom. The van der Waals surface area contributed by atoms with Gasteiger partial charge in [0, 0.05) is 17.1 Å². The van der Waals surface area contributed by atoms with Gasteiger partial charge in [-0.15, -0.1) is 0 Å². The Balaban J connectivity index is 2.90. The fourth-order valence-corrected chi connectivity index (χ4v) is 1.86. The van der Waals surface area contributed by atoms with Crippen LogP contribution in [-0.2, 0) is 4.79 Å². The van der Waals surface area contributed by atoms with Gasteiger partial charge in [0.2, 0.25) is 0 Å². The molecule has 0 spiro atoms. The largest absolute Gasteiger partial charge is 0.481 e. The summed E-state index contributed by atoms with van der Waals surface area (Å²) in [7, 11) is 0. The topological polar surface area (TPSA) is 86.6 Å². The zero-order chi connectivity index (χ0) is 15.3. The minimum absolute atomic E-state index is 0.149. The molecule has 0 fully saturated rings. The van der Waals surface area contributed by atoms with E-state index in [-0.39, 0.29) is 18.7 Å². The van der Waals surface area contributed by atoms with E-state index in [4.69, 9.17) is 16.7 Å². The van der Waals surface area contributed by atoms with Gasteiger partial charge in [0.25, 0.3) is 0 Å². The van der Waals surface area contributed by atoms with Crippen molar-refractivity contribution in [3.05, 3.63) is 34.3 Å². The van der Waals surface area contributed by atoms with Gasteiger partial charge in [0.1, 0.15) is 0 Å². The van der Waals surface area contributed by atoms with Crippen molar-refractivity contribution < 1.29 is 19.8 Å². The Hall–Kier alpha value is -1.43. The second-order valence-electron chi connectivity index (χ2n) is 4.74. The summed E-state index contributed by atoms with van der Waals surface area (Å²) in [5.74, 6) is -1.40. The average molecular weight is 300 g/mol. The number of ketones is 1. The first kappa shape index (κ1) is 16.6. The number of halogens is 1. The predicted molar refractivity (Wildman–Crippen MR) is 76.2 cm³/mol. The second-order valence-corrected chi connectivity index (χ2v) is 5.14. The summed E-state index contributed by atoms with van der Waals surface area (Å²) >= 11 is 5.90. The number of aryl methyl sites for hydroxylation is 1. The lowest BCUT2D eigenvalue weighted by atomic mass is 10.00. The lowest BCUT2D eigenvalue weighted by molar-refractivity contribution is -0.137. The van der Waals surface area contributed by atoms with Gasteiger partial charge in [0.05, 0.1) is 18.6 Å². The molecule has 0 saturated heterocycles. The van der Waals surface area contributed by atoms with E-state index >= 15 is 0 Å². The molecule has 0 bridgehead atoms. The number of aliphatic hydroxyl groups is 1. The molecule has 5 nitrogen and oxygen atoms in total. The van der Waals surface area contributed by atoms with Crippen molar-refractivity contribution in [3.63, 3.8) is 0 Å². The van der Waals surface area contributed by atoms with E-state index in [1.807, 2.05) is 0 Å². The molecule has 0 aliphatic heterocycles. The summed E-state index contributed by atoms with van der Waals surface area (Å²) in [6.45, 7) is 3.48. The van der Waals surface area contributed by atoms with Crippen LogP contribution in [0.25, 0.3) is 0 Å². The number of carboxylic acid groups (broad SMARTS) is 1. The quantitative estimate of drug-likeness (QED) is 0.666. The fraction of sp³-hybridized carbons (Fsp3) is 0.429. The van der Waals surface area contributed by atoms with Crippen LogP contribution in [0.2, 0.25) is 5.02 Å². The smallest absolute Gasteiger partial charge is 0.305 e. The normalized spacial score (nSPS) is 13.8. The first-order valence-electron chi connectivity index (χ1n) is 6.25. The highest BCUT2D eigenvalue weighted by Crippen LogP contribution is 2.18. The molecule has 0 radical (unpaired) electrons. The molecule has 20 heavy (non-hydrogen) atoms. The van der Waals surface area contributed by atoms with E-state index in [0.717, 1.165) is 5.56 Å². The monoisotopic (exact) mass is 299 g/mol. The van der Waals surface area contributed by atoms with Crippen LogP contribution < -0.4 is 5.32 Å². The van der Waals surface area contributed by atoms with Gasteiger partial charge < -0.3 is 15.5 Å². The van der Waals surface area contributed by atoms with E-state index in [0.29, 0.717) is 10.6 Å². The van der Waals surface area contributed by atoms with Gasteiger partial charge >= 0.3 is 5.97 Å². The third kappa shape index (κ3) is 4.92. The zero-order valence-corrected chi connectivity index (χ0v) is 12.1. The minimum atomic E-state index is -1.08. The molecule has 0 heterocycles. The van der Waals surface area contributed by atoms with Gasteiger partial charge in [-0.1, -0.05) is 11.6 Å². The maximum absolute atomic E-state index is 12.3. The highest BCUT2D eigenvalue weighted by Gasteiger charge is 2.23. The van der Waals surface area contributed by atoms with Crippen molar-refractivity contribution in [1.29, 1.82) is 0 Å². The van der Waals surface area contributed by atoms with Crippen LogP contribution in [0.15, 0.2) is 18.2 Å². The number of benzene rings is 1. The number of hydrogen-bond donors (Lipinski definition) is 3. The Kier molecular flexibility index (Phi) is 6.13. The van der Waals surface area contributed by atoms with Crippen molar-refractivity contribution in [2.24, 2.45) is 0 Å². The highest BCUT2D eigenvalue weighted by molar-refractivity contribution is 6.31. The fourth-order valence-electron chi connectivity index (χ4n) is 1.74. The number of aliphatic carboxylic acids is 1. The molecule has 2 atom stereocenters. The molecule has 2 unspecified atom stereocenters. The number of nitrogens with one attached hydrogen (secondary N) is 1. The molecule has 0 aromatic heterocycles. The third-order valence-electron chi connectivity index (χ3n) is 2.80. The van der Waals surface area contributed by atoms with Gasteiger partial charge in [-0.25, -0.2) is 0 Å². The lowest BCUT2D eigenvalue weighted by Crippen LogP contribution is -2.41. The first-order valence-corrected chi connectivity index (χ1v) is 6.62. The van der Waals surface area contributed by atoms with E-state index < -0.39 is 18.1 Å². The number of rotatable bonds is 7. The highest BCUT2D eigenvalue weighted by atomic mass is 35.5. The van der Waals surface area contributed by atoms with Crippen molar-refractivity contribution in [1.82, 2.24) is 5.32 Å². The Morgan fingerprint density at radius 3 is 2.55 bits per heavy atom. The number of carbonyl (C=O) groups is 2. The number of aliphatic hydroxyl groups excluding tert-OH is 1. The van der Waals surface area contributed by atoms with Crippen LogP contribution in [0.5, 0.6) is 0 Å². The number of carboxylic acids is 1. The van der Waals surface area contributed by atoms with Crippen LogP contribution in [0.1, 0.15) is 29.3 Å². The van der Waals surface area contributed by atoms with Crippen LogP contribution in [0, 0.1) is 6.92 Å². The van der Waals surface area contributed by atoms with Crippen molar-refractivity contribution in [3.8, 4) is 0 Å². The summed E-state index contributed by atoms with van der Waals surface area (Å²) in [5, 5.41) is 21.4. The first-order chi connectivity index (χ1) is 9.31. The van der Waals surface area contributed by atoms with Crippen molar-refractivity contribution in [2.75, 3.05) is 6.54 Å². The molecule has 110 valence electrons. The van der Waals surface area contributed by atoms with Crippen molar-refractivity contribution in [2.45, 2.75) is 32.4 Å². The molecular formula is C14H18ClNO4. The Bertz CT molecular complexity index is 502. The van der Waals surface area contributed by atoms with Crippen LogP contribution in [0.4, 0.5) is 0 Å². The van der Waals surface area contributed by atoms with Crippen molar-refractivity contribution >= 4 is 23.4 Å². The van der Waals surface area contributed by atoms with Gasteiger partial charge in [-0.2, -0.15) is 0 Å². The maximum Gasteiger partial charge on any atom is 0.305 e. The number of hydrogen-bond acceptors (Lipinski definition) is 4. The summed E-state index contributed by atoms with van der Waals surface area (Å²) in [4.78, 5) is 23.1. The number of Topliss-reactive ketones (excluding diaryl/α,β-unsaturated/α-hetero) is 1. The summed E-state index contributed by atoms with van der Waals surface area (Å²) in [6, 6.07) is 3.93. The SMILES string of the molecule is Cc1cc(C(=O)C(CC(=O)O)NCC(C)O)ccc1Cl. The molecule has 1 rings (SSSR count). The molecule has 0 saturated carbocycles. The van der Waals surface area contributed by atoms with Gasteiger partial charge in [-0.05, 0) is 37.6 Å². The maximum atomic E-state index is 12.3.